The summed E-state index contributed by atoms with van der Waals surface area (Å²) in [6.07, 6.45) is 1.56. The lowest BCUT2D eigenvalue weighted by atomic mass is 9.79. The van der Waals surface area contributed by atoms with Gasteiger partial charge in [0.05, 0.1) is 0 Å². The minimum Gasteiger partial charge on any atom is -0.423 e. The third-order valence-electron chi connectivity index (χ3n) is 2.13. The zero-order valence-electron chi connectivity index (χ0n) is 7.68. The number of benzene rings is 1. The number of anilines is 1. The van der Waals surface area contributed by atoms with Crippen molar-refractivity contribution in [3.63, 3.8) is 0 Å². The quantitative estimate of drug-likeness (QED) is 0.600. The van der Waals surface area contributed by atoms with Crippen LogP contribution in [0.4, 0.5) is 5.82 Å². The van der Waals surface area contributed by atoms with Gasteiger partial charge in [0.25, 0.3) is 0 Å². The number of aromatic nitrogens is 1. The number of nitrogens with zero attached hydrogens (tertiary/aromatic N) is 1. The van der Waals surface area contributed by atoms with Crippen molar-refractivity contribution >= 4 is 40.8 Å². The van der Waals surface area contributed by atoms with Gasteiger partial charge in [-0.1, -0.05) is 17.7 Å². The number of nitrogen functional groups attached to an aromatic ring is 1. The number of hydrogen-bond donors (Lipinski definition) is 3. The van der Waals surface area contributed by atoms with Crippen molar-refractivity contribution in [1.82, 2.24) is 4.98 Å². The van der Waals surface area contributed by atoms with Crippen LogP contribution in [0.2, 0.25) is 5.02 Å². The second-order valence-electron chi connectivity index (χ2n) is 3.21. The topological polar surface area (TPSA) is 79.4 Å². The van der Waals surface area contributed by atoms with E-state index in [0.717, 1.165) is 10.8 Å². The van der Waals surface area contributed by atoms with Crippen molar-refractivity contribution in [3.05, 3.63) is 29.4 Å². The predicted octanol–water partition coefficient (Wildman–Crippen LogP) is 0.150. The first-order chi connectivity index (χ1) is 7.08. The summed E-state index contributed by atoms with van der Waals surface area (Å²) in [4.78, 5) is 3.91. The average molecular weight is 222 g/mol. The fraction of sp³-hybridized carbons (Fsp3) is 0. The molecule has 1 aromatic heterocycles. The van der Waals surface area contributed by atoms with Crippen LogP contribution in [0.3, 0.4) is 0 Å². The van der Waals surface area contributed by atoms with Crippen LogP contribution in [0, 0.1) is 0 Å². The maximum Gasteiger partial charge on any atom is 0.488 e. The first kappa shape index (κ1) is 10.2. The Hall–Kier alpha value is -1.30. The maximum atomic E-state index is 9.03. The number of rotatable bonds is 1. The van der Waals surface area contributed by atoms with Crippen molar-refractivity contribution in [3.8, 4) is 0 Å². The Kier molecular flexibility index (Phi) is 2.52. The molecule has 15 heavy (non-hydrogen) atoms. The van der Waals surface area contributed by atoms with E-state index >= 15 is 0 Å². The molecule has 0 saturated heterocycles. The van der Waals surface area contributed by atoms with Crippen LogP contribution in [0.15, 0.2) is 24.4 Å². The number of hydrogen-bond acceptors (Lipinski definition) is 4. The molecule has 4 nitrogen and oxygen atoms in total. The zero-order chi connectivity index (χ0) is 11.0. The van der Waals surface area contributed by atoms with Gasteiger partial charge in [-0.25, -0.2) is 4.98 Å². The predicted molar refractivity (Wildman–Crippen MR) is 61.0 cm³/mol. The molecule has 0 amide bonds. The summed E-state index contributed by atoms with van der Waals surface area (Å²) >= 11 is 5.96. The summed E-state index contributed by atoms with van der Waals surface area (Å²) < 4.78 is 0. The summed E-state index contributed by atoms with van der Waals surface area (Å²) in [7, 11) is -1.54. The molecule has 0 aliphatic rings. The molecular weight excluding hydrogens is 214 g/mol. The number of halogens is 1. The zero-order valence-corrected chi connectivity index (χ0v) is 8.44. The van der Waals surface area contributed by atoms with E-state index in [0.29, 0.717) is 16.3 Å². The van der Waals surface area contributed by atoms with Gasteiger partial charge >= 0.3 is 7.12 Å². The van der Waals surface area contributed by atoms with Gasteiger partial charge in [0.1, 0.15) is 5.82 Å². The van der Waals surface area contributed by atoms with Gasteiger partial charge in [0.15, 0.2) is 0 Å². The summed E-state index contributed by atoms with van der Waals surface area (Å²) in [5.41, 5.74) is 5.85. The Morgan fingerprint density at radius 1 is 1.27 bits per heavy atom. The Morgan fingerprint density at radius 2 is 2.00 bits per heavy atom. The summed E-state index contributed by atoms with van der Waals surface area (Å²) in [5, 5.41) is 19.9. The minimum absolute atomic E-state index is 0.332. The van der Waals surface area contributed by atoms with Crippen LogP contribution in [0.5, 0.6) is 0 Å². The normalized spacial score (nSPS) is 10.6. The first-order valence-electron chi connectivity index (χ1n) is 4.29. The molecule has 0 saturated carbocycles. The van der Waals surface area contributed by atoms with E-state index in [9.17, 15) is 0 Å². The molecule has 6 heteroatoms. The van der Waals surface area contributed by atoms with Crippen LogP contribution in [-0.4, -0.2) is 22.2 Å². The van der Waals surface area contributed by atoms with Crippen molar-refractivity contribution in [1.29, 1.82) is 0 Å². The monoisotopic (exact) mass is 222 g/mol. The lowest BCUT2D eigenvalue weighted by molar-refractivity contribution is 0.426. The van der Waals surface area contributed by atoms with E-state index in [1.54, 1.807) is 18.3 Å². The highest BCUT2D eigenvalue weighted by atomic mass is 35.5. The van der Waals surface area contributed by atoms with E-state index in [-0.39, 0.29) is 0 Å². The van der Waals surface area contributed by atoms with Crippen LogP contribution in [0.25, 0.3) is 10.8 Å². The van der Waals surface area contributed by atoms with Gasteiger partial charge in [-0.3, -0.25) is 0 Å². The van der Waals surface area contributed by atoms with Gasteiger partial charge in [0, 0.05) is 16.6 Å². The molecule has 4 N–H and O–H groups in total. The summed E-state index contributed by atoms with van der Waals surface area (Å²) in [6, 6.07) is 4.74. The molecule has 0 radical (unpaired) electrons. The van der Waals surface area contributed by atoms with E-state index < -0.39 is 7.12 Å². The maximum absolute atomic E-state index is 9.03. The van der Waals surface area contributed by atoms with Crippen molar-refractivity contribution in [2.75, 3.05) is 5.73 Å². The highest BCUT2D eigenvalue weighted by molar-refractivity contribution is 6.59. The standard InChI is InChI=1S/C9H8BClN2O2/c11-8-3-6(10(14)15)1-5-2-9(12)13-4-7(5)8/h1-4,14-15H,(H2,12,13). The molecule has 0 fully saturated rings. The smallest absolute Gasteiger partial charge is 0.423 e. The molecule has 0 aliphatic heterocycles. The van der Waals surface area contributed by atoms with Gasteiger partial charge in [0.2, 0.25) is 0 Å². The highest BCUT2D eigenvalue weighted by Crippen LogP contribution is 2.22. The molecule has 1 aromatic carbocycles. The third-order valence-corrected chi connectivity index (χ3v) is 2.44. The van der Waals surface area contributed by atoms with Crippen molar-refractivity contribution in [2.24, 2.45) is 0 Å². The fourth-order valence-corrected chi connectivity index (χ4v) is 1.69. The second kappa shape index (κ2) is 3.69. The first-order valence-corrected chi connectivity index (χ1v) is 4.66. The largest absolute Gasteiger partial charge is 0.488 e. The molecule has 76 valence electrons. The fourth-order valence-electron chi connectivity index (χ4n) is 1.40. The summed E-state index contributed by atoms with van der Waals surface area (Å²) in [6.45, 7) is 0. The molecule has 0 unspecified atom stereocenters. The molecule has 0 spiro atoms. The lowest BCUT2D eigenvalue weighted by Crippen LogP contribution is -2.29. The van der Waals surface area contributed by atoms with Gasteiger partial charge in [-0.2, -0.15) is 0 Å². The van der Waals surface area contributed by atoms with E-state index in [1.165, 1.54) is 6.07 Å². The van der Waals surface area contributed by atoms with Crippen molar-refractivity contribution < 1.29 is 10.0 Å². The Bertz CT molecular complexity index is 519. The van der Waals surface area contributed by atoms with Gasteiger partial charge < -0.3 is 15.8 Å². The van der Waals surface area contributed by atoms with Crippen LogP contribution in [0.1, 0.15) is 0 Å². The SMILES string of the molecule is Nc1cc2cc(B(O)O)cc(Cl)c2cn1. The minimum atomic E-state index is -1.54. The second-order valence-corrected chi connectivity index (χ2v) is 3.61. The van der Waals surface area contributed by atoms with Crippen LogP contribution < -0.4 is 11.2 Å². The van der Waals surface area contributed by atoms with Gasteiger partial charge in [-0.05, 0) is 23.0 Å². The average Bonchev–Trinajstić information content (AvgIpc) is 2.16. The van der Waals surface area contributed by atoms with E-state index in [4.69, 9.17) is 27.4 Å². The van der Waals surface area contributed by atoms with Crippen molar-refractivity contribution in [2.45, 2.75) is 0 Å². The van der Waals surface area contributed by atoms with E-state index in [1.807, 2.05) is 0 Å². The van der Waals surface area contributed by atoms with E-state index in [2.05, 4.69) is 4.98 Å². The number of pyridine rings is 1. The van der Waals surface area contributed by atoms with Crippen LogP contribution in [-0.2, 0) is 0 Å². The molecule has 2 aromatic rings. The Balaban J connectivity index is 2.74. The van der Waals surface area contributed by atoms with Gasteiger partial charge in [-0.15, -0.1) is 0 Å². The molecular formula is C9H8BClN2O2. The number of fused-ring (bicyclic) bond motifs is 1. The van der Waals surface area contributed by atoms with Crippen LogP contribution >= 0.6 is 11.6 Å². The molecule has 0 atom stereocenters. The lowest BCUT2D eigenvalue weighted by Gasteiger charge is -2.05. The third kappa shape index (κ3) is 1.90. The highest BCUT2D eigenvalue weighted by Gasteiger charge is 2.13. The summed E-state index contributed by atoms with van der Waals surface area (Å²) in [5.74, 6) is 0.364. The Labute approximate surface area is 91.5 Å². The Morgan fingerprint density at radius 3 is 2.67 bits per heavy atom. The number of nitrogens with two attached hydrogens (primary N) is 1. The molecule has 1 heterocycles. The molecule has 2 rings (SSSR count). The molecule has 0 bridgehead atoms. The molecule has 0 aliphatic carbocycles.